The molecule has 0 unspecified atom stereocenters. The first-order chi connectivity index (χ1) is 8.88. The molecule has 0 aromatic carbocycles. The Morgan fingerprint density at radius 2 is 2.17 bits per heavy atom. The van der Waals surface area contributed by atoms with Crippen LogP contribution in [0.25, 0.3) is 5.82 Å². The summed E-state index contributed by atoms with van der Waals surface area (Å²) in [6.45, 7) is 2.86. The topological polar surface area (TPSA) is 55.6 Å². The molecule has 2 aromatic heterocycles. The predicted octanol–water partition coefficient (Wildman–Crippen LogP) is 1.97. The molecule has 1 aliphatic carbocycles. The van der Waals surface area contributed by atoms with Crippen molar-refractivity contribution in [3.8, 4) is 5.82 Å². The van der Waals surface area contributed by atoms with Crippen LogP contribution >= 0.6 is 0 Å². The second-order valence-electron chi connectivity index (χ2n) is 4.48. The van der Waals surface area contributed by atoms with Crippen LogP contribution in [-0.2, 0) is 12.8 Å². The average Bonchev–Trinajstić information content (AvgIpc) is 2.83. The summed E-state index contributed by atoms with van der Waals surface area (Å²) in [6, 6.07) is 1.93. The SMILES string of the molecule is CCNc1nccc(-n2cnc3c2CCCC3)n1. The molecule has 1 N–H and O–H groups in total. The first kappa shape index (κ1) is 11.2. The number of hydrogen-bond acceptors (Lipinski definition) is 4. The highest BCUT2D eigenvalue weighted by molar-refractivity contribution is 5.35. The van der Waals surface area contributed by atoms with Gasteiger partial charge in [0.15, 0.2) is 0 Å². The minimum absolute atomic E-state index is 0.674. The predicted molar refractivity (Wildman–Crippen MR) is 70.0 cm³/mol. The van der Waals surface area contributed by atoms with E-state index in [0.717, 1.165) is 25.2 Å². The van der Waals surface area contributed by atoms with Gasteiger partial charge >= 0.3 is 0 Å². The van der Waals surface area contributed by atoms with Crippen LogP contribution in [0.2, 0.25) is 0 Å². The molecule has 0 amide bonds. The quantitative estimate of drug-likeness (QED) is 0.895. The zero-order chi connectivity index (χ0) is 12.4. The van der Waals surface area contributed by atoms with Crippen molar-refractivity contribution >= 4 is 5.95 Å². The molecular formula is C13H17N5. The lowest BCUT2D eigenvalue weighted by atomic mass is 10.0. The summed E-state index contributed by atoms with van der Waals surface area (Å²) in [5, 5.41) is 3.13. The number of nitrogens with one attached hydrogen (secondary N) is 1. The maximum absolute atomic E-state index is 4.51. The van der Waals surface area contributed by atoms with Gasteiger partial charge in [0.05, 0.1) is 5.69 Å². The molecule has 0 fully saturated rings. The Bertz CT molecular complexity index is 546. The van der Waals surface area contributed by atoms with Gasteiger partial charge in [-0.1, -0.05) is 0 Å². The van der Waals surface area contributed by atoms with Crippen LogP contribution < -0.4 is 5.32 Å². The first-order valence-corrected chi connectivity index (χ1v) is 6.51. The molecule has 3 rings (SSSR count). The van der Waals surface area contributed by atoms with Crippen LogP contribution in [0.3, 0.4) is 0 Å². The monoisotopic (exact) mass is 243 g/mol. The third kappa shape index (κ3) is 1.96. The maximum Gasteiger partial charge on any atom is 0.224 e. The minimum Gasteiger partial charge on any atom is -0.354 e. The molecule has 0 aliphatic heterocycles. The van der Waals surface area contributed by atoms with Crippen LogP contribution in [0.5, 0.6) is 0 Å². The van der Waals surface area contributed by atoms with Gasteiger partial charge in [0, 0.05) is 18.4 Å². The maximum atomic E-state index is 4.51. The molecule has 0 bridgehead atoms. The van der Waals surface area contributed by atoms with Gasteiger partial charge in [-0.15, -0.1) is 0 Å². The molecule has 0 radical (unpaired) electrons. The Balaban J connectivity index is 1.99. The minimum atomic E-state index is 0.674. The van der Waals surface area contributed by atoms with Crippen LogP contribution in [0, 0.1) is 0 Å². The van der Waals surface area contributed by atoms with Gasteiger partial charge < -0.3 is 5.32 Å². The van der Waals surface area contributed by atoms with Crippen molar-refractivity contribution in [3.05, 3.63) is 30.0 Å². The second kappa shape index (κ2) is 4.76. The van der Waals surface area contributed by atoms with Crippen LogP contribution in [0.4, 0.5) is 5.95 Å². The van der Waals surface area contributed by atoms with E-state index in [1.54, 1.807) is 6.20 Å². The Labute approximate surface area is 106 Å². The van der Waals surface area contributed by atoms with E-state index in [2.05, 4.69) is 24.8 Å². The third-order valence-electron chi connectivity index (χ3n) is 3.25. The summed E-state index contributed by atoms with van der Waals surface area (Å²) < 4.78 is 2.09. The van der Waals surface area contributed by atoms with Crippen molar-refractivity contribution in [3.63, 3.8) is 0 Å². The summed E-state index contributed by atoms with van der Waals surface area (Å²) >= 11 is 0. The number of nitrogens with zero attached hydrogens (tertiary/aromatic N) is 4. The summed E-state index contributed by atoms with van der Waals surface area (Å²) in [4.78, 5) is 13.2. The van der Waals surface area contributed by atoms with Crippen molar-refractivity contribution in [2.24, 2.45) is 0 Å². The molecule has 18 heavy (non-hydrogen) atoms. The highest BCUT2D eigenvalue weighted by Crippen LogP contribution is 2.22. The van der Waals surface area contributed by atoms with Crippen molar-refractivity contribution in [2.45, 2.75) is 32.6 Å². The number of aromatic nitrogens is 4. The summed E-state index contributed by atoms with van der Waals surface area (Å²) in [5.74, 6) is 1.57. The molecule has 0 saturated carbocycles. The fraction of sp³-hybridized carbons (Fsp3) is 0.462. The first-order valence-electron chi connectivity index (χ1n) is 6.51. The van der Waals surface area contributed by atoms with Gasteiger partial charge in [-0.25, -0.2) is 9.97 Å². The zero-order valence-electron chi connectivity index (χ0n) is 10.6. The van der Waals surface area contributed by atoms with E-state index < -0.39 is 0 Å². The smallest absolute Gasteiger partial charge is 0.224 e. The number of hydrogen-bond donors (Lipinski definition) is 1. The van der Waals surface area contributed by atoms with Gasteiger partial charge in [0.25, 0.3) is 0 Å². The lowest BCUT2D eigenvalue weighted by Gasteiger charge is -2.13. The van der Waals surface area contributed by atoms with E-state index in [0.29, 0.717) is 5.95 Å². The fourth-order valence-electron chi connectivity index (χ4n) is 2.39. The zero-order valence-corrected chi connectivity index (χ0v) is 10.6. The Morgan fingerprint density at radius 3 is 3.06 bits per heavy atom. The standard InChI is InChI=1S/C13H17N5/c1-2-14-13-15-8-7-12(17-13)18-9-16-10-5-3-4-6-11(10)18/h7-9H,2-6H2,1H3,(H,14,15,17). The molecule has 1 aliphatic rings. The van der Waals surface area contributed by atoms with Gasteiger partial charge in [-0.2, -0.15) is 4.98 Å². The molecule has 0 saturated heterocycles. The van der Waals surface area contributed by atoms with Crippen molar-refractivity contribution in [1.29, 1.82) is 0 Å². The van der Waals surface area contributed by atoms with Crippen LogP contribution in [0.1, 0.15) is 31.2 Å². The highest BCUT2D eigenvalue weighted by atomic mass is 15.2. The normalized spacial score (nSPS) is 14.3. The summed E-state index contributed by atoms with van der Waals surface area (Å²) in [6.07, 6.45) is 8.34. The number of anilines is 1. The molecule has 2 heterocycles. The molecular weight excluding hydrogens is 226 g/mol. The van der Waals surface area contributed by atoms with E-state index >= 15 is 0 Å². The summed E-state index contributed by atoms with van der Waals surface area (Å²) in [7, 11) is 0. The van der Waals surface area contributed by atoms with Crippen molar-refractivity contribution < 1.29 is 0 Å². The van der Waals surface area contributed by atoms with Gasteiger partial charge in [-0.05, 0) is 38.7 Å². The molecule has 5 nitrogen and oxygen atoms in total. The lowest BCUT2D eigenvalue weighted by molar-refractivity contribution is 0.654. The number of imidazole rings is 1. The van der Waals surface area contributed by atoms with E-state index in [1.165, 1.54) is 24.2 Å². The van der Waals surface area contributed by atoms with Crippen LogP contribution in [-0.4, -0.2) is 26.1 Å². The van der Waals surface area contributed by atoms with E-state index in [1.807, 2.05) is 19.3 Å². The van der Waals surface area contributed by atoms with E-state index in [4.69, 9.17) is 0 Å². The van der Waals surface area contributed by atoms with Gasteiger partial charge in [0.2, 0.25) is 5.95 Å². The van der Waals surface area contributed by atoms with E-state index in [9.17, 15) is 0 Å². The van der Waals surface area contributed by atoms with Crippen molar-refractivity contribution in [2.75, 3.05) is 11.9 Å². The largest absolute Gasteiger partial charge is 0.354 e. The highest BCUT2D eigenvalue weighted by Gasteiger charge is 2.16. The number of aryl methyl sites for hydroxylation is 1. The fourth-order valence-corrected chi connectivity index (χ4v) is 2.39. The third-order valence-corrected chi connectivity index (χ3v) is 3.25. The Hall–Kier alpha value is -1.91. The number of rotatable bonds is 3. The molecule has 94 valence electrons. The Kier molecular flexibility index (Phi) is 2.96. The summed E-state index contributed by atoms with van der Waals surface area (Å²) in [5.41, 5.74) is 2.53. The Morgan fingerprint density at radius 1 is 1.28 bits per heavy atom. The molecule has 5 heteroatoms. The number of fused-ring (bicyclic) bond motifs is 1. The van der Waals surface area contributed by atoms with Crippen molar-refractivity contribution in [1.82, 2.24) is 19.5 Å². The van der Waals surface area contributed by atoms with Crippen LogP contribution in [0.15, 0.2) is 18.6 Å². The lowest BCUT2D eigenvalue weighted by Crippen LogP contribution is -2.09. The van der Waals surface area contributed by atoms with Gasteiger partial charge in [-0.3, -0.25) is 4.57 Å². The molecule has 2 aromatic rings. The van der Waals surface area contributed by atoms with E-state index in [-0.39, 0.29) is 0 Å². The molecule has 0 atom stereocenters. The van der Waals surface area contributed by atoms with Gasteiger partial charge in [0.1, 0.15) is 12.1 Å². The second-order valence-corrected chi connectivity index (χ2v) is 4.48. The molecule has 0 spiro atoms. The average molecular weight is 243 g/mol.